The molecule has 0 spiro atoms. The van der Waals surface area contributed by atoms with E-state index >= 15 is 0 Å². The molecule has 44 heavy (non-hydrogen) atoms. The van der Waals surface area contributed by atoms with E-state index in [4.69, 9.17) is 18.9 Å². The van der Waals surface area contributed by atoms with E-state index in [1.807, 2.05) is 39.1 Å². The van der Waals surface area contributed by atoms with Gasteiger partial charge in [0.2, 0.25) is 0 Å². The zero-order valence-corrected chi connectivity index (χ0v) is 29.5. The van der Waals surface area contributed by atoms with Crippen LogP contribution >= 0.6 is 0 Å². The monoisotopic (exact) mass is 621 g/mol. The Balaban J connectivity index is 1.51. The van der Waals surface area contributed by atoms with E-state index in [1.165, 1.54) is 0 Å². The number of methoxy groups -OCH3 is 1. The summed E-state index contributed by atoms with van der Waals surface area (Å²) >= 11 is 0. The van der Waals surface area contributed by atoms with Gasteiger partial charge in [0.1, 0.15) is 6.10 Å². The number of hydrogen-bond acceptors (Lipinski definition) is 9. The van der Waals surface area contributed by atoms with Crippen molar-refractivity contribution < 1.29 is 24.1 Å². The SMILES string of the molecule is CO[C@]1(C)C[C@@H](C)CN(C)[C@H](C2CN(Cc3ccn(C)n3)C2)COCC(C)(C)C[C@@H](C)[C@H]1O[C@@H]1O[C@H](C)C[C@H](N(C)C)[C@H]1O. The summed E-state index contributed by atoms with van der Waals surface area (Å²) in [5.74, 6) is 1.07. The van der Waals surface area contributed by atoms with E-state index in [2.05, 4.69) is 74.5 Å². The van der Waals surface area contributed by atoms with Crippen LogP contribution in [0, 0.1) is 23.2 Å². The van der Waals surface area contributed by atoms with Crippen LogP contribution in [0.15, 0.2) is 12.3 Å². The molecule has 1 N–H and O–H groups in total. The summed E-state index contributed by atoms with van der Waals surface area (Å²) in [7, 11) is 10.1. The Hall–Kier alpha value is -1.11. The molecule has 4 rings (SSSR count). The van der Waals surface area contributed by atoms with E-state index in [-0.39, 0.29) is 29.6 Å². The molecule has 254 valence electrons. The smallest absolute Gasteiger partial charge is 0.185 e. The summed E-state index contributed by atoms with van der Waals surface area (Å²) < 4.78 is 28.0. The first-order chi connectivity index (χ1) is 20.6. The lowest BCUT2D eigenvalue weighted by Crippen LogP contribution is -2.58. The van der Waals surface area contributed by atoms with Gasteiger partial charge in [0.15, 0.2) is 6.29 Å². The van der Waals surface area contributed by atoms with E-state index < -0.39 is 18.0 Å². The van der Waals surface area contributed by atoms with Crippen LogP contribution < -0.4 is 0 Å². The van der Waals surface area contributed by atoms with Crippen molar-refractivity contribution in [3.8, 4) is 0 Å². The number of likely N-dealkylation sites (N-methyl/N-ethyl adjacent to an activating group) is 2. The van der Waals surface area contributed by atoms with E-state index in [0.717, 1.165) is 57.7 Å². The molecule has 4 heterocycles. The molecule has 3 aliphatic rings. The third kappa shape index (κ3) is 8.82. The Morgan fingerprint density at radius 1 is 1.09 bits per heavy atom. The molecule has 9 atom stereocenters. The minimum Gasteiger partial charge on any atom is -0.386 e. The molecule has 10 nitrogen and oxygen atoms in total. The van der Waals surface area contributed by atoms with Gasteiger partial charge >= 0.3 is 0 Å². The highest BCUT2D eigenvalue weighted by molar-refractivity contribution is 5.01. The maximum Gasteiger partial charge on any atom is 0.185 e. The molecule has 3 saturated heterocycles. The summed E-state index contributed by atoms with van der Waals surface area (Å²) in [6, 6.07) is 2.43. The fourth-order valence-corrected chi connectivity index (χ4v) is 8.25. The van der Waals surface area contributed by atoms with Crippen LogP contribution in [-0.4, -0.2) is 133 Å². The van der Waals surface area contributed by atoms with Gasteiger partial charge in [-0.15, -0.1) is 0 Å². The number of ether oxygens (including phenoxy) is 4. The number of aromatic nitrogens is 2. The molecule has 0 bridgehead atoms. The van der Waals surface area contributed by atoms with Crippen LogP contribution in [0.5, 0.6) is 0 Å². The van der Waals surface area contributed by atoms with Gasteiger partial charge in [0.25, 0.3) is 0 Å². The average molecular weight is 622 g/mol. The zero-order chi connectivity index (χ0) is 32.4. The predicted octanol–water partition coefficient (Wildman–Crippen LogP) is 3.48. The lowest BCUT2D eigenvalue weighted by Gasteiger charge is -2.48. The fraction of sp³-hybridized carbons (Fsp3) is 0.912. The Morgan fingerprint density at radius 2 is 1.80 bits per heavy atom. The van der Waals surface area contributed by atoms with Crippen molar-refractivity contribution in [1.82, 2.24) is 24.5 Å². The number of aliphatic hydroxyl groups excluding tert-OH is 1. The minimum atomic E-state index is -0.737. The summed E-state index contributed by atoms with van der Waals surface area (Å²) in [5.41, 5.74) is 0.505. The van der Waals surface area contributed by atoms with Crippen molar-refractivity contribution in [1.29, 1.82) is 0 Å². The van der Waals surface area contributed by atoms with Crippen LogP contribution in [0.25, 0.3) is 0 Å². The maximum absolute atomic E-state index is 11.4. The van der Waals surface area contributed by atoms with Gasteiger partial charge < -0.3 is 33.9 Å². The fourth-order valence-electron chi connectivity index (χ4n) is 8.25. The molecular formula is C34H63N5O5. The number of likely N-dealkylation sites (tertiary alicyclic amines) is 1. The maximum atomic E-state index is 11.4. The number of rotatable bonds is 7. The molecule has 1 aromatic rings. The van der Waals surface area contributed by atoms with Crippen molar-refractivity contribution in [2.24, 2.45) is 30.2 Å². The zero-order valence-electron chi connectivity index (χ0n) is 29.5. The first-order valence-corrected chi connectivity index (χ1v) is 16.8. The Kier molecular flexibility index (Phi) is 12.0. The second-order valence-corrected chi connectivity index (χ2v) is 15.8. The standard InChI is InChI=1S/C34H63N5O5/c1-23-15-34(6,41-11)31(44-32-30(40)28(36(7)8)14-25(3)43-32)24(2)16-33(4,5)22-42-21-29(37(9)17-23)26-18-39(19-26)20-27-12-13-38(10)35-27/h12-13,23-26,28-32,40H,14-22H2,1-11H3/t23-,24-,25-,28+,29+,30-,31-,32+,34-/m1/s1. The van der Waals surface area contributed by atoms with Crippen LogP contribution in [0.4, 0.5) is 0 Å². The van der Waals surface area contributed by atoms with E-state index in [9.17, 15) is 5.11 Å². The van der Waals surface area contributed by atoms with Gasteiger partial charge in [0.05, 0.1) is 36.7 Å². The molecule has 0 radical (unpaired) electrons. The Bertz CT molecular complexity index is 1030. The summed E-state index contributed by atoms with van der Waals surface area (Å²) in [5, 5.41) is 15.9. The minimum absolute atomic E-state index is 0.00426. The van der Waals surface area contributed by atoms with Gasteiger partial charge in [-0.1, -0.05) is 27.7 Å². The molecule has 0 aromatic carbocycles. The number of nitrogens with zero attached hydrogens (tertiary/aromatic N) is 5. The molecule has 0 unspecified atom stereocenters. The van der Waals surface area contributed by atoms with Crippen molar-refractivity contribution in [3.63, 3.8) is 0 Å². The molecule has 3 aliphatic heterocycles. The first kappa shape index (κ1) is 35.7. The number of aliphatic hydroxyl groups is 1. The number of aryl methyl sites for hydroxylation is 1. The van der Waals surface area contributed by atoms with Crippen molar-refractivity contribution in [3.05, 3.63) is 18.0 Å². The molecule has 0 amide bonds. The first-order valence-electron chi connectivity index (χ1n) is 16.8. The molecule has 10 heteroatoms. The van der Waals surface area contributed by atoms with Crippen LogP contribution in [-0.2, 0) is 32.5 Å². The van der Waals surface area contributed by atoms with Crippen LogP contribution in [0.3, 0.4) is 0 Å². The summed E-state index contributed by atoms with van der Waals surface area (Å²) in [6.07, 6.45) is 2.81. The number of hydrogen-bond donors (Lipinski definition) is 1. The highest BCUT2D eigenvalue weighted by Crippen LogP contribution is 2.39. The largest absolute Gasteiger partial charge is 0.386 e. The average Bonchev–Trinajstić information content (AvgIpc) is 3.32. The second-order valence-electron chi connectivity index (χ2n) is 15.8. The van der Waals surface area contributed by atoms with Crippen molar-refractivity contribution in [2.45, 2.75) is 110 Å². The van der Waals surface area contributed by atoms with Gasteiger partial charge in [-0.25, -0.2) is 0 Å². The highest BCUT2D eigenvalue weighted by Gasteiger charge is 2.47. The van der Waals surface area contributed by atoms with E-state index in [1.54, 1.807) is 0 Å². The van der Waals surface area contributed by atoms with Crippen LogP contribution in [0.1, 0.15) is 66.5 Å². The third-order valence-corrected chi connectivity index (χ3v) is 10.4. The third-order valence-electron chi connectivity index (χ3n) is 10.4. The van der Waals surface area contributed by atoms with Crippen molar-refractivity contribution >= 4 is 0 Å². The lowest BCUT2D eigenvalue weighted by molar-refractivity contribution is -0.298. The van der Waals surface area contributed by atoms with Gasteiger partial charge in [-0.05, 0) is 77.6 Å². The molecule has 0 saturated carbocycles. The predicted molar refractivity (Wildman–Crippen MR) is 173 cm³/mol. The lowest BCUT2D eigenvalue weighted by atomic mass is 9.75. The molecule has 1 aromatic heterocycles. The molecule has 0 aliphatic carbocycles. The molecule has 3 fully saturated rings. The normalized spacial score (nSPS) is 38.9. The van der Waals surface area contributed by atoms with Crippen molar-refractivity contribution in [2.75, 3.05) is 61.1 Å². The van der Waals surface area contributed by atoms with Gasteiger partial charge in [-0.2, -0.15) is 5.10 Å². The second kappa shape index (κ2) is 14.8. The van der Waals surface area contributed by atoms with E-state index in [0.29, 0.717) is 24.5 Å². The quantitative estimate of drug-likeness (QED) is 0.492. The van der Waals surface area contributed by atoms with Crippen LogP contribution in [0.2, 0.25) is 0 Å². The van der Waals surface area contributed by atoms with Gasteiger partial charge in [0, 0.05) is 64.5 Å². The topological polar surface area (TPSA) is 84.7 Å². The summed E-state index contributed by atoms with van der Waals surface area (Å²) in [4.78, 5) is 7.09. The summed E-state index contributed by atoms with van der Waals surface area (Å²) in [6.45, 7) is 18.8. The Morgan fingerprint density at radius 3 is 2.41 bits per heavy atom. The highest BCUT2D eigenvalue weighted by atomic mass is 16.7. The molecular weight excluding hydrogens is 558 g/mol. The van der Waals surface area contributed by atoms with Gasteiger partial charge in [-0.3, -0.25) is 9.58 Å². The Labute approximate surface area is 267 Å².